The SMILES string of the molecule is O=C(O)CC1(NC(=O)C2CCN(c3ccc(F)cc3)C2=O)CCCC1. The van der Waals surface area contributed by atoms with Gasteiger partial charge in [-0.15, -0.1) is 0 Å². The van der Waals surface area contributed by atoms with Crippen LogP contribution in [0.2, 0.25) is 0 Å². The van der Waals surface area contributed by atoms with Gasteiger partial charge in [0.25, 0.3) is 0 Å². The molecule has 1 atom stereocenters. The van der Waals surface area contributed by atoms with Gasteiger partial charge in [0, 0.05) is 12.2 Å². The Kier molecular flexibility index (Phi) is 4.74. The molecule has 1 aliphatic carbocycles. The summed E-state index contributed by atoms with van der Waals surface area (Å²) < 4.78 is 13.0. The topological polar surface area (TPSA) is 86.7 Å². The van der Waals surface area contributed by atoms with Gasteiger partial charge in [-0.1, -0.05) is 12.8 Å². The predicted molar refractivity (Wildman–Crippen MR) is 88.5 cm³/mol. The van der Waals surface area contributed by atoms with Gasteiger partial charge in [-0.25, -0.2) is 4.39 Å². The van der Waals surface area contributed by atoms with E-state index in [1.165, 1.54) is 29.2 Å². The number of anilines is 1. The lowest BCUT2D eigenvalue weighted by molar-refractivity contribution is -0.139. The van der Waals surface area contributed by atoms with Crippen molar-refractivity contribution in [3.8, 4) is 0 Å². The van der Waals surface area contributed by atoms with E-state index in [4.69, 9.17) is 5.11 Å². The molecule has 1 saturated heterocycles. The molecule has 134 valence electrons. The number of rotatable bonds is 5. The average molecular weight is 348 g/mol. The van der Waals surface area contributed by atoms with E-state index in [2.05, 4.69) is 5.32 Å². The van der Waals surface area contributed by atoms with Crippen LogP contribution < -0.4 is 10.2 Å². The highest BCUT2D eigenvalue weighted by molar-refractivity contribution is 6.09. The van der Waals surface area contributed by atoms with E-state index >= 15 is 0 Å². The van der Waals surface area contributed by atoms with Gasteiger partial charge in [-0.3, -0.25) is 14.4 Å². The average Bonchev–Trinajstić information content (AvgIpc) is 3.14. The van der Waals surface area contributed by atoms with Gasteiger partial charge < -0.3 is 15.3 Å². The Labute approximate surface area is 145 Å². The molecule has 2 fully saturated rings. The summed E-state index contributed by atoms with van der Waals surface area (Å²) in [7, 11) is 0. The maximum Gasteiger partial charge on any atom is 0.305 e. The molecule has 2 amide bonds. The first-order chi connectivity index (χ1) is 11.9. The number of halogens is 1. The van der Waals surface area contributed by atoms with Crippen molar-refractivity contribution in [3.63, 3.8) is 0 Å². The quantitative estimate of drug-likeness (QED) is 0.798. The molecule has 3 rings (SSSR count). The Hall–Kier alpha value is -2.44. The second-order valence-corrected chi connectivity index (χ2v) is 6.85. The molecular weight excluding hydrogens is 327 g/mol. The molecule has 2 N–H and O–H groups in total. The number of nitrogens with one attached hydrogen (secondary N) is 1. The molecule has 1 aromatic rings. The van der Waals surface area contributed by atoms with Crippen molar-refractivity contribution in [2.24, 2.45) is 5.92 Å². The summed E-state index contributed by atoms with van der Waals surface area (Å²) >= 11 is 0. The number of carboxylic acids is 1. The highest BCUT2D eigenvalue weighted by Crippen LogP contribution is 2.34. The van der Waals surface area contributed by atoms with Gasteiger partial charge in [0.15, 0.2) is 0 Å². The molecule has 25 heavy (non-hydrogen) atoms. The van der Waals surface area contributed by atoms with Crippen LogP contribution in [0.1, 0.15) is 38.5 Å². The van der Waals surface area contributed by atoms with Crippen LogP contribution in [0, 0.1) is 11.7 Å². The Bertz CT molecular complexity index is 683. The summed E-state index contributed by atoms with van der Waals surface area (Å²) in [5, 5.41) is 12.0. The summed E-state index contributed by atoms with van der Waals surface area (Å²) in [5.74, 6) is -2.89. The van der Waals surface area contributed by atoms with E-state index in [0.29, 0.717) is 31.5 Å². The van der Waals surface area contributed by atoms with Crippen LogP contribution in [-0.4, -0.2) is 35.0 Å². The summed E-state index contributed by atoms with van der Waals surface area (Å²) in [6.07, 6.45) is 3.22. The molecule has 6 nitrogen and oxygen atoms in total. The van der Waals surface area contributed by atoms with Crippen molar-refractivity contribution in [1.82, 2.24) is 5.32 Å². The molecule has 1 unspecified atom stereocenters. The monoisotopic (exact) mass is 348 g/mol. The first-order valence-corrected chi connectivity index (χ1v) is 8.51. The zero-order valence-corrected chi connectivity index (χ0v) is 13.8. The van der Waals surface area contributed by atoms with Gasteiger partial charge >= 0.3 is 5.97 Å². The first-order valence-electron chi connectivity index (χ1n) is 8.51. The number of aliphatic carboxylic acids is 1. The van der Waals surface area contributed by atoms with Crippen LogP contribution in [0.15, 0.2) is 24.3 Å². The minimum atomic E-state index is -0.951. The fourth-order valence-electron chi connectivity index (χ4n) is 3.84. The Balaban J connectivity index is 1.69. The fourth-order valence-corrected chi connectivity index (χ4v) is 3.84. The summed E-state index contributed by atoms with van der Waals surface area (Å²) in [4.78, 5) is 37.8. The maximum atomic E-state index is 13.0. The molecule has 1 saturated carbocycles. The molecule has 0 radical (unpaired) electrons. The lowest BCUT2D eigenvalue weighted by Crippen LogP contribution is -2.51. The molecule has 0 spiro atoms. The minimum absolute atomic E-state index is 0.124. The minimum Gasteiger partial charge on any atom is -0.481 e. The van der Waals surface area contributed by atoms with Gasteiger partial charge in [0.05, 0.1) is 12.0 Å². The molecule has 1 aliphatic heterocycles. The molecule has 0 bridgehead atoms. The van der Waals surface area contributed by atoms with Gasteiger partial charge in [0.1, 0.15) is 11.7 Å². The fraction of sp³-hybridized carbons (Fsp3) is 0.500. The smallest absolute Gasteiger partial charge is 0.305 e. The first kappa shape index (κ1) is 17.4. The Morgan fingerprint density at radius 3 is 2.48 bits per heavy atom. The molecule has 1 aromatic carbocycles. The largest absolute Gasteiger partial charge is 0.481 e. The highest BCUT2D eigenvalue weighted by atomic mass is 19.1. The standard InChI is InChI=1S/C18H21FN2O4/c19-12-3-5-13(6-4-12)21-10-7-14(17(21)25)16(24)20-18(11-15(22)23)8-1-2-9-18/h3-6,14H,1-2,7-11H2,(H,20,24)(H,22,23). The second-order valence-electron chi connectivity index (χ2n) is 6.85. The van der Waals surface area contributed by atoms with Crippen LogP contribution in [0.25, 0.3) is 0 Å². The number of carbonyl (C=O) groups is 3. The number of carbonyl (C=O) groups excluding carboxylic acids is 2. The molecular formula is C18H21FN2O4. The third-order valence-corrected chi connectivity index (χ3v) is 5.10. The molecule has 2 aliphatic rings. The van der Waals surface area contributed by atoms with E-state index in [1.54, 1.807) is 0 Å². The number of hydrogen-bond acceptors (Lipinski definition) is 3. The van der Waals surface area contributed by atoms with Crippen LogP contribution in [0.3, 0.4) is 0 Å². The number of hydrogen-bond donors (Lipinski definition) is 2. The zero-order chi connectivity index (χ0) is 18.0. The summed E-state index contributed by atoms with van der Waals surface area (Å²) in [6.45, 7) is 0.383. The van der Waals surface area contributed by atoms with Gasteiger partial charge in [-0.05, 0) is 43.5 Å². The van der Waals surface area contributed by atoms with Crippen molar-refractivity contribution < 1.29 is 23.9 Å². The van der Waals surface area contributed by atoms with Crippen LogP contribution in [-0.2, 0) is 14.4 Å². The molecule has 7 heteroatoms. The predicted octanol–water partition coefficient (Wildman–Crippen LogP) is 2.08. The molecule has 1 heterocycles. The van der Waals surface area contributed by atoms with Crippen LogP contribution >= 0.6 is 0 Å². The zero-order valence-electron chi connectivity index (χ0n) is 13.8. The van der Waals surface area contributed by atoms with Gasteiger partial charge in [-0.2, -0.15) is 0 Å². The van der Waals surface area contributed by atoms with Crippen LogP contribution in [0.4, 0.5) is 10.1 Å². The normalized spacial score (nSPS) is 22.2. The third-order valence-electron chi connectivity index (χ3n) is 5.10. The molecule has 0 aromatic heterocycles. The third kappa shape index (κ3) is 3.65. The Morgan fingerprint density at radius 1 is 1.24 bits per heavy atom. The van der Waals surface area contributed by atoms with Crippen LogP contribution in [0.5, 0.6) is 0 Å². The van der Waals surface area contributed by atoms with Crippen molar-refractivity contribution in [3.05, 3.63) is 30.1 Å². The van der Waals surface area contributed by atoms with E-state index in [-0.39, 0.29) is 18.1 Å². The maximum absolute atomic E-state index is 13.0. The lowest BCUT2D eigenvalue weighted by Gasteiger charge is -2.29. The number of carboxylic acid groups (broad SMARTS) is 1. The van der Waals surface area contributed by atoms with Crippen molar-refractivity contribution in [2.75, 3.05) is 11.4 Å². The number of benzene rings is 1. The summed E-state index contributed by atoms with van der Waals surface area (Å²) in [6, 6.07) is 5.57. The van der Waals surface area contributed by atoms with Crippen molar-refractivity contribution in [2.45, 2.75) is 44.1 Å². The van der Waals surface area contributed by atoms with Crippen molar-refractivity contribution >= 4 is 23.5 Å². The number of amides is 2. The van der Waals surface area contributed by atoms with Gasteiger partial charge in [0.2, 0.25) is 11.8 Å². The lowest BCUT2D eigenvalue weighted by atomic mass is 9.92. The summed E-state index contributed by atoms with van der Waals surface area (Å²) in [5.41, 5.74) is -0.185. The second kappa shape index (κ2) is 6.82. The van der Waals surface area contributed by atoms with E-state index < -0.39 is 23.3 Å². The van der Waals surface area contributed by atoms with E-state index in [0.717, 1.165) is 12.8 Å². The number of nitrogens with zero attached hydrogens (tertiary/aromatic N) is 1. The van der Waals surface area contributed by atoms with Crippen molar-refractivity contribution in [1.29, 1.82) is 0 Å². The van der Waals surface area contributed by atoms with E-state index in [9.17, 15) is 18.8 Å². The Morgan fingerprint density at radius 2 is 1.88 bits per heavy atom. The van der Waals surface area contributed by atoms with E-state index in [1.807, 2.05) is 0 Å². The highest BCUT2D eigenvalue weighted by Gasteiger charge is 2.43.